The van der Waals surface area contributed by atoms with Crippen LogP contribution in [0.4, 0.5) is 0 Å². The van der Waals surface area contributed by atoms with Gasteiger partial charge in [-0.1, -0.05) is 24.3 Å². The van der Waals surface area contributed by atoms with E-state index in [-0.39, 0.29) is 12.5 Å². The van der Waals surface area contributed by atoms with E-state index in [0.717, 1.165) is 25.0 Å². The summed E-state index contributed by atoms with van der Waals surface area (Å²) < 4.78 is 0. The molecule has 3 rings (SSSR count). The fourth-order valence-corrected chi connectivity index (χ4v) is 3.03. The predicted octanol–water partition coefficient (Wildman–Crippen LogP) is 1.45. The Kier molecular flexibility index (Phi) is 2.85. The minimum atomic E-state index is -0.457. The van der Waals surface area contributed by atoms with Crippen molar-refractivity contribution in [2.75, 3.05) is 6.54 Å². The van der Waals surface area contributed by atoms with Crippen molar-refractivity contribution in [2.45, 2.75) is 25.7 Å². The van der Waals surface area contributed by atoms with Crippen LogP contribution in [0, 0.1) is 0 Å². The van der Waals surface area contributed by atoms with E-state index < -0.39 is 5.91 Å². The fourth-order valence-electron chi connectivity index (χ4n) is 3.03. The Morgan fingerprint density at radius 2 is 1.95 bits per heavy atom. The number of amides is 2. The van der Waals surface area contributed by atoms with Gasteiger partial charge in [-0.2, -0.15) is 0 Å². The second kappa shape index (κ2) is 4.53. The average molecular weight is 256 g/mol. The molecule has 0 spiro atoms. The van der Waals surface area contributed by atoms with Crippen molar-refractivity contribution in [3.05, 3.63) is 41.1 Å². The smallest absolute Gasteiger partial charge is 0.237 e. The summed E-state index contributed by atoms with van der Waals surface area (Å²) >= 11 is 0. The molecule has 98 valence electrons. The number of primary amides is 1. The molecule has 19 heavy (non-hydrogen) atoms. The van der Waals surface area contributed by atoms with Crippen molar-refractivity contribution in [2.24, 2.45) is 5.73 Å². The predicted molar refractivity (Wildman–Crippen MR) is 71.8 cm³/mol. The molecular formula is C15H16N2O2. The standard InChI is InChI=1S/C15H16N2O2/c16-14(18)9-17-13-7-5-10-3-1-2-4-11(10)12(13)6-8-15(17)19/h1-4H,5-9H2,(H2,16,18). The number of carbonyl (C=O) groups is 2. The van der Waals surface area contributed by atoms with Crippen LogP contribution in [0.15, 0.2) is 30.0 Å². The van der Waals surface area contributed by atoms with Crippen molar-refractivity contribution >= 4 is 17.4 Å². The number of fused-ring (bicyclic) bond motifs is 2. The van der Waals surface area contributed by atoms with Gasteiger partial charge in [0, 0.05) is 12.1 Å². The topological polar surface area (TPSA) is 63.4 Å². The molecule has 0 bridgehead atoms. The van der Waals surface area contributed by atoms with Crippen molar-refractivity contribution in [1.82, 2.24) is 4.90 Å². The highest BCUT2D eigenvalue weighted by Crippen LogP contribution is 2.38. The minimum Gasteiger partial charge on any atom is -0.368 e. The normalized spacial score (nSPS) is 18.1. The Morgan fingerprint density at radius 1 is 1.16 bits per heavy atom. The third-order valence-electron chi connectivity index (χ3n) is 3.85. The number of carbonyl (C=O) groups excluding carboxylic acids is 2. The first-order valence-corrected chi connectivity index (χ1v) is 6.56. The molecule has 1 heterocycles. The third-order valence-corrected chi connectivity index (χ3v) is 3.85. The Bertz CT molecular complexity index is 590. The van der Waals surface area contributed by atoms with E-state index in [0.29, 0.717) is 6.42 Å². The molecule has 0 aromatic heterocycles. The third kappa shape index (κ3) is 2.03. The molecule has 2 N–H and O–H groups in total. The molecule has 4 nitrogen and oxygen atoms in total. The molecule has 0 saturated heterocycles. The van der Waals surface area contributed by atoms with Crippen LogP contribution in [0.2, 0.25) is 0 Å². The van der Waals surface area contributed by atoms with E-state index in [4.69, 9.17) is 5.73 Å². The number of allylic oxidation sites excluding steroid dienone is 2. The summed E-state index contributed by atoms with van der Waals surface area (Å²) in [5.74, 6) is -0.446. The quantitative estimate of drug-likeness (QED) is 0.870. The Morgan fingerprint density at radius 3 is 2.74 bits per heavy atom. The van der Waals surface area contributed by atoms with Gasteiger partial charge in [-0.3, -0.25) is 9.59 Å². The van der Waals surface area contributed by atoms with Gasteiger partial charge in [0.05, 0.1) is 0 Å². The van der Waals surface area contributed by atoms with Crippen molar-refractivity contribution < 1.29 is 9.59 Å². The van der Waals surface area contributed by atoms with Crippen LogP contribution in [0.3, 0.4) is 0 Å². The average Bonchev–Trinajstić information content (AvgIpc) is 2.41. The summed E-state index contributed by atoms with van der Waals surface area (Å²) in [6, 6.07) is 8.29. The molecule has 1 aromatic rings. The lowest BCUT2D eigenvalue weighted by atomic mass is 9.84. The molecule has 0 saturated carbocycles. The SMILES string of the molecule is NC(=O)CN1C(=O)CCC2=C1CCc1ccccc12. The van der Waals surface area contributed by atoms with Crippen LogP contribution in [-0.4, -0.2) is 23.3 Å². The van der Waals surface area contributed by atoms with Gasteiger partial charge >= 0.3 is 0 Å². The monoisotopic (exact) mass is 256 g/mol. The molecule has 1 aliphatic carbocycles. The van der Waals surface area contributed by atoms with E-state index in [2.05, 4.69) is 12.1 Å². The van der Waals surface area contributed by atoms with Gasteiger partial charge in [0.25, 0.3) is 0 Å². The first-order chi connectivity index (χ1) is 9.16. The number of nitrogens with two attached hydrogens (primary N) is 1. The van der Waals surface area contributed by atoms with Crippen LogP contribution in [0.5, 0.6) is 0 Å². The molecule has 4 heteroatoms. The second-order valence-electron chi connectivity index (χ2n) is 5.03. The van der Waals surface area contributed by atoms with Crippen molar-refractivity contribution in [3.8, 4) is 0 Å². The molecule has 1 aliphatic heterocycles. The van der Waals surface area contributed by atoms with E-state index in [9.17, 15) is 9.59 Å². The molecular weight excluding hydrogens is 240 g/mol. The van der Waals surface area contributed by atoms with Crippen LogP contribution < -0.4 is 5.73 Å². The number of aryl methyl sites for hydroxylation is 1. The van der Waals surface area contributed by atoms with Gasteiger partial charge in [-0.25, -0.2) is 0 Å². The van der Waals surface area contributed by atoms with Gasteiger partial charge in [0.15, 0.2) is 0 Å². The van der Waals surface area contributed by atoms with Crippen LogP contribution >= 0.6 is 0 Å². The first kappa shape index (κ1) is 12.0. The maximum atomic E-state index is 12.0. The lowest BCUT2D eigenvalue weighted by Gasteiger charge is -2.35. The van der Waals surface area contributed by atoms with E-state index >= 15 is 0 Å². The number of hydrogen-bond donors (Lipinski definition) is 1. The molecule has 0 atom stereocenters. The number of rotatable bonds is 2. The molecule has 0 fully saturated rings. The number of nitrogens with zero attached hydrogens (tertiary/aromatic N) is 1. The summed E-state index contributed by atoms with van der Waals surface area (Å²) in [5.41, 5.74) is 10.0. The van der Waals surface area contributed by atoms with E-state index in [1.54, 1.807) is 4.90 Å². The molecule has 0 radical (unpaired) electrons. The Labute approximate surface area is 111 Å². The van der Waals surface area contributed by atoms with Crippen LogP contribution in [0.1, 0.15) is 30.4 Å². The van der Waals surface area contributed by atoms with Crippen molar-refractivity contribution in [1.29, 1.82) is 0 Å². The summed E-state index contributed by atoms with van der Waals surface area (Å²) in [4.78, 5) is 24.7. The molecule has 0 unspecified atom stereocenters. The van der Waals surface area contributed by atoms with Crippen molar-refractivity contribution in [3.63, 3.8) is 0 Å². The Balaban J connectivity index is 2.06. The highest BCUT2D eigenvalue weighted by molar-refractivity contribution is 5.91. The highest BCUT2D eigenvalue weighted by Gasteiger charge is 2.31. The summed E-state index contributed by atoms with van der Waals surface area (Å²) in [6.45, 7) is -0.000165. The maximum Gasteiger partial charge on any atom is 0.237 e. The Hall–Kier alpha value is -2.10. The first-order valence-electron chi connectivity index (χ1n) is 6.56. The molecule has 2 aliphatic rings. The van der Waals surface area contributed by atoms with Gasteiger partial charge in [0.2, 0.25) is 11.8 Å². The van der Waals surface area contributed by atoms with Crippen LogP contribution in [-0.2, 0) is 16.0 Å². The summed E-state index contributed by atoms with van der Waals surface area (Å²) in [6.07, 6.45) is 2.95. The zero-order chi connectivity index (χ0) is 13.4. The van der Waals surface area contributed by atoms with Gasteiger partial charge in [-0.05, 0) is 36.0 Å². The summed E-state index contributed by atoms with van der Waals surface area (Å²) in [5, 5.41) is 0. The zero-order valence-electron chi connectivity index (χ0n) is 10.7. The zero-order valence-corrected chi connectivity index (χ0v) is 10.7. The maximum absolute atomic E-state index is 12.0. The lowest BCUT2D eigenvalue weighted by Crippen LogP contribution is -2.41. The van der Waals surface area contributed by atoms with Crippen LogP contribution in [0.25, 0.3) is 5.57 Å². The largest absolute Gasteiger partial charge is 0.368 e. The second-order valence-corrected chi connectivity index (χ2v) is 5.03. The number of benzene rings is 1. The van der Waals surface area contributed by atoms with Gasteiger partial charge < -0.3 is 10.6 Å². The van der Waals surface area contributed by atoms with Gasteiger partial charge in [0.1, 0.15) is 6.54 Å². The number of hydrogen-bond acceptors (Lipinski definition) is 2. The fraction of sp³-hybridized carbons (Fsp3) is 0.333. The summed E-state index contributed by atoms with van der Waals surface area (Å²) in [7, 11) is 0. The molecule has 1 aromatic carbocycles. The van der Waals surface area contributed by atoms with E-state index in [1.807, 2.05) is 12.1 Å². The molecule has 2 amide bonds. The lowest BCUT2D eigenvalue weighted by molar-refractivity contribution is -0.133. The van der Waals surface area contributed by atoms with E-state index in [1.165, 1.54) is 16.7 Å². The van der Waals surface area contributed by atoms with Gasteiger partial charge in [-0.15, -0.1) is 0 Å². The highest BCUT2D eigenvalue weighted by atomic mass is 16.2. The minimum absolute atomic E-state index is 0.000165.